The molecule has 6 nitrogen and oxygen atoms in total. The van der Waals surface area contributed by atoms with Crippen LogP contribution < -0.4 is 10.2 Å². The molecule has 0 aliphatic carbocycles. The van der Waals surface area contributed by atoms with Crippen LogP contribution in [0.15, 0.2) is 30.3 Å². The van der Waals surface area contributed by atoms with Crippen LogP contribution >= 0.6 is 0 Å². The summed E-state index contributed by atoms with van der Waals surface area (Å²) in [5.41, 5.74) is 0.207. The number of nitrogens with one attached hydrogen (secondary N) is 1. The highest BCUT2D eigenvalue weighted by Crippen LogP contribution is 2.13. The maximum absolute atomic E-state index is 11.4. The van der Waals surface area contributed by atoms with Gasteiger partial charge in [0.1, 0.15) is 0 Å². The van der Waals surface area contributed by atoms with Crippen LogP contribution in [0.2, 0.25) is 0 Å². The van der Waals surface area contributed by atoms with E-state index in [1.807, 2.05) is 0 Å². The number of rotatable bonds is 3. The number of para-hydroxylation sites is 1. The number of hydrogen-bond acceptors (Lipinski definition) is 3. The third-order valence-electron chi connectivity index (χ3n) is 1.72. The largest absolute Gasteiger partial charge is 0.464 e. The van der Waals surface area contributed by atoms with Gasteiger partial charge in [-0.25, -0.2) is 9.59 Å². The van der Waals surface area contributed by atoms with Gasteiger partial charge < -0.3 is 10.4 Å². The molecule has 0 atom stereocenters. The van der Waals surface area contributed by atoms with Crippen LogP contribution in [0.4, 0.5) is 15.3 Å². The molecule has 0 saturated heterocycles. The van der Waals surface area contributed by atoms with E-state index in [0.29, 0.717) is 4.90 Å². The lowest BCUT2D eigenvalue weighted by Crippen LogP contribution is -2.43. The van der Waals surface area contributed by atoms with Crippen molar-refractivity contribution in [2.24, 2.45) is 0 Å². The second kappa shape index (κ2) is 5.50. The molecule has 0 spiro atoms. The first-order valence-electron chi connectivity index (χ1n) is 4.37. The SMILES string of the molecule is O=[C]CNC(=O)N(C(=O)O)c1ccccc1. The van der Waals surface area contributed by atoms with Gasteiger partial charge in [0.25, 0.3) is 0 Å². The van der Waals surface area contributed by atoms with E-state index in [-0.39, 0.29) is 12.2 Å². The van der Waals surface area contributed by atoms with E-state index in [2.05, 4.69) is 5.32 Å². The molecule has 3 amide bonds. The Balaban J connectivity index is 2.88. The molecule has 1 aromatic rings. The zero-order chi connectivity index (χ0) is 12.0. The van der Waals surface area contributed by atoms with Gasteiger partial charge in [0.2, 0.25) is 6.29 Å². The van der Waals surface area contributed by atoms with Crippen LogP contribution in [0, 0.1) is 0 Å². The van der Waals surface area contributed by atoms with Gasteiger partial charge in [-0.05, 0) is 12.1 Å². The molecule has 0 aliphatic heterocycles. The maximum atomic E-state index is 11.4. The number of benzene rings is 1. The molecular weight excluding hydrogens is 212 g/mol. The summed E-state index contributed by atoms with van der Waals surface area (Å²) in [7, 11) is 0. The molecule has 0 aliphatic rings. The standard InChI is InChI=1S/C10H9N2O4/c13-7-6-11-9(14)12(10(15)16)8-4-2-1-3-5-8/h1-5H,6H2,(H,11,14)(H,15,16). The van der Waals surface area contributed by atoms with Gasteiger partial charge in [-0.15, -0.1) is 0 Å². The minimum Gasteiger partial charge on any atom is -0.464 e. The van der Waals surface area contributed by atoms with Crippen molar-refractivity contribution in [1.82, 2.24) is 5.32 Å². The van der Waals surface area contributed by atoms with E-state index in [0.717, 1.165) is 0 Å². The van der Waals surface area contributed by atoms with Gasteiger partial charge in [0, 0.05) is 0 Å². The van der Waals surface area contributed by atoms with Crippen molar-refractivity contribution in [1.29, 1.82) is 0 Å². The Labute approximate surface area is 91.5 Å². The fourth-order valence-electron chi connectivity index (χ4n) is 1.08. The molecule has 1 rings (SSSR count). The van der Waals surface area contributed by atoms with Gasteiger partial charge in [-0.2, -0.15) is 4.90 Å². The van der Waals surface area contributed by atoms with Crippen molar-refractivity contribution in [2.75, 3.05) is 11.4 Å². The van der Waals surface area contributed by atoms with Crippen molar-refractivity contribution in [3.8, 4) is 0 Å². The highest BCUT2D eigenvalue weighted by molar-refractivity contribution is 6.11. The average molecular weight is 221 g/mol. The van der Waals surface area contributed by atoms with E-state index >= 15 is 0 Å². The Morgan fingerprint density at radius 1 is 1.31 bits per heavy atom. The van der Waals surface area contributed by atoms with E-state index in [1.165, 1.54) is 18.4 Å². The van der Waals surface area contributed by atoms with Gasteiger partial charge >= 0.3 is 12.1 Å². The molecule has 0 saturated carbocycles. The summed E-state index contributed by atoms with van der Waals surface area (Å²) in [6, 6.07) is 6.95. The summed E-state index contributed by atoms with van der Waals surface area (Å²) in [5, 5.41) is 11.0. The van der Waals surface area contributed by atoms with E-state index in [9.17, 15) is 14.4 Å². The quantitative estimate of drug-likeness (QED) is 0.796. The Morgan fingerprint density at radius 3 is 2.44 bits per heavy atom. The molecule has 0 aromatic heterocycles. The third kappa shape index (κ3) is 2.81. The Bertz CT molecular complexity index is 391. The fourth-order valence-corrected chi connectivity index (χ4v) is 1.08. The zero-order valence-corrected chi connectivity index (χ0v) is 8.21. The molecule has 16 heavy (non-hydrogen) atoms. The summed E-state index contributed by atoms with van der Waals surface area (Å²) in [6.07, 6.45) is 0.0207. The molecule has 0 unspecified atom stereocenters. The number of urea groups is 1. The Kier molecular flexibility index (Phi) is 4.02. The second-order valence-electron chi connectivity index (χ2n) is 2.76. The summed E-state index contributed by atoms with van der Waals surface area (Å²) in [5.74, 6) is 0. The van der Waals surface area contributed by atoms with Gasteiger partial charge in [-0.1, -0.05) is 18.2 Å². The molecule has 1 aromatic carbocycles. The van der Waals surface area contributed by atoms with E-state index in [4.69, 9.17) is 5.11 Å². The number of hydrogen-bond donors (Lipinski definition) is 2. The molecule has 0 heterocycles. The van der Waals surface area contributed by atoms with Crippen molar-refractivity contribution < 1.29 is 19.5 Å². The van der Waals surface area contributed by atoms with Gasteiger partial charge in [0.15, 0.2) is 0 Å². The Morgan fingerprint density at radius 2 is 1.94 bits per heavy atom. The Hall–Kier alpha value is -2.37. The molecule has 0 fully saturated rings. The number of amides is 3. The topological polar surface area (TPSA) is 86.7 Å². The normalized spacial score (nSPS) is 9.25. The van der Waals surface area contributed by atoms with Crippen LogP contribution in [-0.4, -0.2) is 30.1 Å². The van der Waals surface area contributed by atoms with Gasteiger partial charge in [-0.3, -0.25) is 4.79 Å². The van der Waals surface area contributed by atoms with Crippen LogP contribution in [0.1, 0.15) is 0 Å². The number of carboxylic acid groups (broad SMARTS) is 1. The molecule has 6 heteroatoms. The number of imide groups is 1. The second-order valence-corrected chi connectivity index (χ2v) is 2.76. The summed E-state index contributed by atoms with van der Waals surface area (Å²) >= 11 is 0. The van der Waals surface area contributed by atoms with E-state index < -0.39 is 12.1 Å². The first-order valence-corrected chi connectivity index (χ1v) is 4.37. The third-order valence-corrected chi connectivity index (χ3v) is 1.72. The lowest BCUT2D eigenvalue weighted by molar-refractivity contribution is 0.199. The minimum absolute atomic E-state index is 0.207. The van der Waals surface area contributed by atoms with Gasteiger partial charge in [0.05, 0.1) is 12.2 Å². The summed E-state index contributed by atoms with van der Waals surface area (Å²) in [6.45, 7) is -0.352. The predicted octanol–water partition coefficient (Wildman–Crippen LogP) is 0.990. The van der Waals surface area contributed by atoms with Crippen molar-refractivity contribution >= 4 is 24.1 Å². The van der Waals surface area contributed by atoms with Crippen LogP contribution in [0.25, 0.3) is 0 Å². The highest BCUT2D eigenvalue weighted by Gasteiger charge is 2.21. The summed E-state index contributed by atoms with van der Waals surface area (Å²) < 4.78 is 0. The monoisotopic (exact) mass is 221 g/mol. The molecule has 83 valence electrons. The lowest BCUT2D eigenvalue weighted by Gasteiger charge is -2.16. The number of anilines is 1. The fraction of sp³-hybridized carbons (Fsp3) is 0.100. The van der Waals surface area contributed by atoms with Crippen LogP contribution in [0.5, 0.6) is 0 Å². The number of carbonyl (C=O) groups excluding carboxylic acids is 2. The van der Waals surface area contributed by atoms with Crippen molar-refractivity contribution in [3.63, 3.8) is 0 Å². The first kappa shape index (κ1) is 11.7. The van der Waals surface area contributed by atoms with Crippen molar-refractivity contribution in [3.05, 3.63) is 30.3 Å². The zero-order valence-electron chi connectivity index (χ0n) is 8.21. The molecular formula is C10H9N2O4. The molecule has 2 N–H and O–H groups in total. The van der Waals surface area contributed by atoms with Crippen LogP contribution in [-0.2, 0) is 4.79 Å². The number of carbonyl (C=O) groups is 2. The molecule has 1 radical (unpaired) electrons. The smallest absolute Gasteiger partial charge is 0.420 e. The predicted molar refractivity (Wildman–Crippen MR) is 56.0 cm³/mol. The minimum atomic E-state index is -1.42. The lowest BCUT2D eigenvalue weighted by atomic mass is 10.3. The number of nitrogens with zero attached hydrogens (tertiary/aromatic N) is 1. The molecule has 0 bridgehead atoms. The maximum Gasteiger partial charge on any atom is 0.420 e. The average Bonchev–Trinajstić information content (AvgIpc) is 2.27. The summed E-state index contributed by atoms with van der Waals surface area (Å²) in [4.78, 5) is 32.7. The van der Waals surface area contributed by atoms with E-state index in [1.54, 1.807) is 18.2 Å². The van der Waals surface area contributed by atoms with Crippen molar-refractivity contribution in [2.45, 2.75) is 0 Å². The van der Waals surface area contributed by atoms with Crippen LogP contribution in [0.3, 0.4) is 0 Å². The first-order chi connectivity index (χ1) is 7.66. The highest BCUT2D eigenvalue weighted by atomic mass is 16.4.